The van der Waals surface area contributed by atoms with Crippen LogP contribution >= 0.6 is 23.2 Å². The number of halogens is 2. The predicted octanol–water partition coefficient (Wildman–Crippen LogP) is 4.52. The molecule has 0 saturated heterocycles. The lowest BCUT2D eigenvalue weighted by atomic mass is 10.1. The van der Waals surface area contributed by atoms with Crippen molar-refractivity contribution in [1.29, 1.82) is 0 Å². The maximum atomic E-state index is 13.1. The van der Waals surface area contributed by atoms with Crippen LogP contribution in [0.3, 0.4) is 0 Å². The van der Waals surface area contributed by atoms with E-state index in [1.54, 1.807) is 30.0 Å². The lowest BCUT2D eigenvalue weighted by molar-refractivity contribution is -0.139. The number of nitrogens with one attached hydrogen (secondary N) is 1. The lowest BCUT2D eigenvalue weighted by Gasteiger charge is -2.29. The Kier molecular flexibility index (Phi) is 8.81. The Morgan fingerprint density at radius 1 is 1.04 bits per heavy atom. The van der Waals surface area contributed by atoms with E-state index in [0.29, 0.717) is 35.1 Å². The van der Waals surface area contributed by atoms with Crippen LogP contribution in [0.15, 0.2) is 48.5 Å². The maximum absolute atomic E-state index is 13.1. The average Bonchev–Trinajstić information content (AvgIpc) is 2.69. The van der Waals surface area contributed by atoms with Crippen LogP contribution in [0, 0.1) is 0 Å². The van der Waals surface area contributed by atoms with Crippen molar-refractivity contribution >= 4 is 35.0 Å². The maximum Gasteiger partial charge on any atom is 0.242 e. The van der Waals surface area contributed by atoms with Crippen LogP contribution in [-0.4, -0.2) is 35.8 Å². The van der Waals surface area contributed by atoms with Gasteiger partial charge in [0.05, 0.1) is 6.42 Å². The van der Waals surface area contributed by atoms with Crippen molar-refractivity contribution in [1.82, 2.24) is 10.2 Å². The van der Waals surface area contributed by atoms with Crippen LogP contribution in [0.1, 0.15) is 31.4 Å². The molecule has 0 spiro atoms. The molecular weight excluding hydrogens is 395 g/mol. The van der Waals surface area contributed by atoms with E-state index < -0.39 is 6.04 Å². The summed E-state index contributed by atoms with van der Waals surface area (Å²) in [6.45, 7) is 4.76. The lowest BCUT2D eigenvalue weighted by Crippen LogP contribution is -2.49. The topological polar surface area (TPSA) is 49.4 Å². The predicted molar refractivity (Wildman–Crippen MR) is 115 cm³/mol. The van der Waals surface area contributed by atoms with Crippen molar-refractivity contribution in [2.24, 2.45) is 0 Å². The van der Waals surface area contributed by atoms with E-state index >= 15 is 0 Å². The van der Waals surface area contributed by atoms with E-state index in [2.05, 4.69) is 5.32 Å². The fourth-order valence-corrected chi connectivity index (χ4v) is 3.45. The molecule has 150 valence electrons. The second-order valence-corrected chi connectivity index (χ2v) is 7.48. The zero-order chi connectivity index (χ0) is 20.5. The van der Waals surface area contributed by atoms with Gasteiger partial charge in [-0.3, -0.25) is 9.59 Å². The number of rotatable bonds is 9. The van der Waals surface area contributed by atoms with Gasteiger partial charge in [-0.05, 0) is 43.0 Å². The minimum atomic E-state index is -0.580. The standard InChI is InChI=1S/C22H26Cl2N2O2/c1-3-13-25-22(28)16(2)26(14-12-17-8-5-4-6-9-17)21(27)15-18-19(23)10-7-11-20(18)24/h4-11,16H,3,12-15H2,1-2H3,(H,25,28)/t16-/m0/s1. The van der Waals surface area contributed by atoms with E-state index in [4.69, 9.17) is 23.2 Å². The summed E-state index contributed by atoms with van der Waals surface area (Å²) in [7, 11) is 0. The van der Waals surface area contributed by atoms with E-state index in [0.717, 1.165) is 12.0 Å². The number of hydrogen-bond acceptors (Lipinski definition) is 2. The molecule has 0 unspecified atom stereocenters. The summed E-state index contributed by atoms with van der Waals surface area (Å²) in [5.41, 5.74) is 1.69. The smallest absolute Gasteiger partial charge is 0.242 e. The number of amides is 2. The number of carbonyl (C=O) groups excluding carboxylic acids is 2. The van der Waals surface area contributed by atoms with Gasteiger partial charge in [0.15, 0.2) is 0 Å². The number of carbonyl (C=O) groups is 2. The van der Waals surface area contributed by atoms with Crippen molar-refractivity contribution < 1.29 is 9.59 Å². The molecule has 0 aliphatic rings. The van der Waals surface area contributed by atoms with Crippen molar-refractivity contribution in [2.45, 2.75) is 39.2 Å². The third-order valence-corrected chi connectivity index (χ3v) is 5.30. The van der Waals surface area contributed by atoms with Gasteiger partial charge in [-0.25, -0.2) is 0 Å². The first-order valence-corrected chi connectivity index (χ1v) is 10.2. The third-order valence-electron chi connectivity index (χ3n) is 4.59. The molecule has 0 saturated carbocycles. The normalized spacial score (nSPS) is 11.7. The fourth-order valence-electron chi connectivity index (χ4n) is 2.92. The van der Waals surface area contributed by atoms with E-state index in [-0.39, 0.29) is 18.2 Å². The first-order valence-electron chi connectivity index (χ1n) is 9.48. The van der Waals surface area contributed by atoms with Gasteiger partial charge in [0, 0.05) is 23.1 Å². The summed E-state index contributed by atoms with van der Waals surface area (Å²) in [6, 6.07) is 14.5. The molecule has 0 bridgehead atoms. The van der Waals surface area contributed by atoms with E-state index in [1.807, 2.05) is 37.3 Å². The van der Waals surface area contributed by atoms with Crippen molar-refractivity contribution in [3.8, 4) is 0 Å². The zero-order valence-corrected chi connectivity index (χ0v) is 17.8. The molecule has 2 rings (SSSR count). The summed E-state index contributed by atoms with van der Waals surface area (Å²) in [4.78, 5) is 27.2. The number of nitrogens with zero attached hydrogens (tertiary/aromatic N) is 1. The molecule has 1 atom stereocenters. The minimum absolute atomic E-state index is 0.0543. The number of hydrogen-bond donors (Lipinski definition) is 1. The molecule has 0 heterocycles. The molecule has 1 N–H and O–H groups in total. The summed E-state index contributed by atoms with van der Waals surface area (Å²) >= 11 is 12.5. The Hall–Kier alpha value is -2.04. The summed E-state index contributed by atoms with van der Waals surface area (Å²) in [6.07, 6.45) is 1.55. The minimum Gasteiger partial charge on any atom is -0.354 e. The highest BCUT2D eigenvalue weighted by molar-refractivity contribution is 6.36. The highest BCUT2D eigenvalue weighted by Crippen LogP contribution is 2.25. The van der Waals surface area contributed by atoms with Crippen LogP contribution in [0.4, 0.5) is 0 Å². The van der Waals surface area contributed by atoms with Crippen LogP contribution in [0.25, 0.3) is 0 Å². The van der Waals surface area contributed by atoms with Gasteiger partial charge in [0.2, 0.25) is 11.8 Å². The molecule has 2 aromatic carbocycles. The zero-order valence-electron chi connectivity index (χ0n) is 16.3. The second kappa shape index (κ2) is 11.1. The van der Waals surface area contributed by atoms with E-state index in [9.17, 15) is 9.59 Å². The summed E-state index contributed by atoms with van der Waals surface area (Å²) < 4.78 is 0. The SMILES string of the molecule is CCCNC(=O)[C@H](C)N(CCc1ccccc1)C(=O)Cc1c(Cl)cccc1Cl. The molecule has 0 aliphatic carbocycles. The molecule has 2 amide bonds. The third kappa shape index (κ3) is 6.25. The highest BCUT2D eigenvalue weighted by atomic mass is 35.5. The molecule has 0 aromatic heterocycles. The highest BCUT2D eigenvalue weighted by Gasteiger charge is 2.26. The molecule has 28 heavy (non-hydrogen) atoms. The van der Waals surface area contributed by atoms with Gasteiger partial charge in [-0.15, -0.1) is 0 Å². The average molecular weight is 421 g/mol. The van der Waals surface area contributed by atoms with Crippen LogP contribution < -0.4 is 5.32 Å². The Balaban J connectivity index is 2.18. The summed E-state index contributed by atoms with van der Waals surface area (Å²) in [5, 5.41) is 3.77. The largest absolute Gasteiger partial charge is 0.354 e. The molecule has 4 nitrogen and oxygen atoms in total. The first kappa shape index (κ1) is 22.3. The van der Waals surface area contributed by atoms with Crippen molar-refractivity contribution in [2.75, 3.05) is 13.1 Å². The Labute approximate surface area is 176 Å². The van der Waals surface area contributed by atoms with Crippen LogP contribution in [-0.2, 0) is 22.4 Å². The summed E-state index contributed by atoms with van der Waals surface area (Å²) in [5.74, 6) is -0.335. The first-order chi connectivity index (χ1) is 13.4. The van der Waals surface area contributed by atoms with Gasteiger partial charge in [0.25, 0.3) is 0 Å². The molecule has 6 heteroatoms. The molecule has 0 aliphatic heterocycles. The molecule has 0 radical (unpaired) electrons. The Morgan fingerprint density at radius 3 is 2.29 bits per heavy atom. The molecule has 0 fully saturated rings. The van der Waals surface area contributed by atoms with E-state index in [1.165, 1.54) is 0 Å². The second-order valence-electron chi connectivity index (χ2n) is 6.67. The van der Waals surface area contributed by atoms with Crippen LogP contribution in [0.2, 0.25) is 10.0 Å². The monoisotopic (exact) mass is 420 g/mol. The van der Waals surface area contributed by atoms with Crippen LogP contribution in [0.5, 0.6) is 0 Å². The van der Waals surface area contributed by atoms with Gasteiger partial charge < -0.3 is 10.2 Å². The van der Waals surface area contributed by atoms with Gasteiger partial charge in [-0.1, -0.05) is 66.5 Å². The Morgan fingerprint density at radius 2 is 1.68 bits per heavy atom. The van der Waals surface area contributed by atoms with Gasteiger partial charge in [-0.2, -0.15) is 0 Å². The molecule has 2 aromatic rings. The van der Waals surface area contributed by atoms with Gasteiger partial charge in [0.1, 0.15) is 6.04 Å². The molecular formula is C22H26Cl2N2O2. The Bertz CT molecular complexity index is 776. The number of benzene rings is 2. The van der Waals surface area contributed by atoms with Gasteiger partial charge >= 0.3 is 0 Å². The fraction of sp³-hybridized carbons (Fsp3) is 0.364. The van der Waals surface area contributed by atoms with Crippen molar-refractivity contribution in [3.05, 3.63) is 69.7 Å². The van der Waals surface area contributed by atoms with Crippen molar-refractivity contribution in [3.63, 3.8) is 0 Å². The quantitative estimate of drug-likeness (QED) is 0.647.